The van der Waals surface area contributed by atoms with E-state index >= 15 is 0 Å². The lowest BCUT2D eigenvalue weighted by Gasteiger charge is -2.28. The van der Waals surface area contributed by atoms with Gasteiger partial charge in [-0.2, -0.15) is 0 Å². The van der Waals surface area contributed by atoms with E-state index in [1.54, 1.807) is 50.3 Å². The second-order valence-corrected chi connectivity index (χ2v) is 16.9. The van der Waals surface area contributed by atoms with Crippen LogP contribution in [0.5, 0.6) is 0 Å². The van der Waals surface area contributed by atoms with Gasteiger partial charge in [-0.05, 0) is 51.4 Å². The first-order chi connectivity index (χ1) is 19.2. The Hall–Kier alpha value is -0.350. The summed E-state index contributed by atoms with van der Waals surface area (Å²) in [6.07, 6.45) is 42.1. The lowest BCUT2D eigenvalue weighted by molar-refractivity contribution is 0.548. The predicted octanol–water partition coefficient (Wildman–Crippen LogP) is 14.1. The molecular weight excluding hydrogens is 487 g/mol. The van der Waals surface area contributed by atoms with Crippen molar-refractivity contribution in [1.29, 1.82) is 0 Å². The topological polar surface area (TPSA) is 0 Å². The maximum Gasteiger partial charge on any atom is 0.0594 e. The molecule has 0 aromatic heterocycles. The summed E-state index contributed by atoms with van der Waals surface area (Å²) in [7, 11) is -0.697. The highest BCUT2D eigenvalue weighted by molar-refractivity contribution is 7.75. The Labute approximate surface area is 249 Å². The maximum absolute atomic E-state index is 2.37. The first kappa shape index (κ1) is 38.6. The summed E-state index contributed by atoms with van der Waals surface area (Å²) in [5, 5.41) is 0. The van der Waals surface area contributed by atoms with Gasteiger partial charge in [0.1, 0.15) is 0 Å². The standard InChI is InChI=1S/C32H68P.C6H6/c1-5-9-13-17-18-19-20-21-22-23-24-28-32-33(29-25-14-10-6-2,30-26-15-11-7-3)31-27-16-12-8-4;1-2-4-6-5-3-1/h5-32H2,1-4H3;1-6H/q+1;. The van der Waals surface area contributed by atoms with Crippen molar-refractivity contribution in [1.82, 2.24) is 0 Å². The van der Waals surface area contributed by atoms with E-state index in [1.165, 1.54) is 128 Å². The predicted molar refractivity (Wildman–Crippen MR) is 186 cm³/mol. The molecule has 0 saturated carbocycles. The molecule has 0 saturated heterocycles. The van der Waals surface area contributed by atoms with E-state index in [9.17, 15) is 0 Å². The SMILES string of the molecule is CCCCCCCCCCCCCC[P+](CCCCCC)(CCCCCC)CCCCCC.c1ccccc1. The minimum Gasteiger partial charge on any atom is -0.0654 e. The molecule has 0 aliphatic rings. The third-order valence-corrected chi connectivity index (χ3v) is 13.7. The number of hydrogen-bond acceptors (Lipinski definition) is 0. The number of rotatable bonds is 28. The zero-order valence-corrected chi connectivity index (χ0v) is 28.6. The number of benzene rings is 1. The summed E-state index contributed by atoms with van der Waals surface area (Å²) in [6.45, 7) is 9.41. The van der Waals surface area contributed by atoms with E-state index in [0.29, 0.717) is 0 Å². The molecule has 1 aromatic carbocycles. The normalized spacial score (nSPS) is 11.4. The van der Waals surface area contributed by atoms with Crippen molar-refractivity contribution in [2.24, 2.45) is 0 Å². The molecule has 1 rings (SSSR count). The molecule has 0 radical (unpaired) electrons. The highest BCUT2D eigenvalue weighted by atomic mass is 31.2. The Morgan fingerprint density at radius 3 is 0.667 bits per heavy atom. The molecule has 39 heavy (non-hydrogen) atoms. The van der Waals surface area contributed by atoms with Gasteiger partial charge in [-0.3, -0.25) is 0 Å². The van der Waals surface area contributed by atoms with Crippen LogP contribution in [0.2, 0.25) is 0 Å². The van der Waals surface area contributed by atoms with Gasteiger partial charge in [0.2, 0.25) is 0 Å². The molecule has 1 aromatic rings. The maximum atomic E-state index is 2.37. The first-order valence-electron chi connectivity index (χ1n) is 18.1. The van der Waals surface area contributed by atoms with E-state index < -0.39 is 7.26 Å². The van der Waals surface area contributed by atoms with Crippen LogP contribution in [0.25, 0.3) is 0 Å². The minimum absolute atomic E-state index is 0.697. The van der Waals surface area contributed by atoms with Crippen LogP contribution in [0.4, 0.5) is 0 Å². The van der Waals surface area contributed by atoms with Crippen molar-refractivity contribution in [3.05, 3.63) is 36.4 Å². The molecule has 0 bridgehead atoms. The molecule has 0 heterocycles. The van der Waals surface area contributed by atoms with Gasteiger partial charge in [0.15, 0.2) is 0 Å². The molecule has 0 unspecified atom stereocenters. The lowest BCUT2D eigenvalue weighted by atomic mass is 10.1. The fraction of sp³-hybridized carbons (Fsp3) is 0.842. The average molecular weight is 562 g/mol. The molecule has 1 heteroatoms. The van der Waals surface area contributed by atoms with Crippen molar-refractivity contribution in [2.45, 2.75) is 182 Å². The number of unbranched alkanes of at least 4 members (excludes halogenated alkanes) is 20. The second-order valence-electron chi connectivity index (χ2n) is 12.5. The Morgan fingerprint density at radius 2 is 0.436 bits per heavy atom. The molecule has 0 aliphatic heterocycles. The molecule has 0 nitrogen and oxygen atoms in total. The summed E-state index contributed by atoms with van der Waals surface area (Å²) in [4.78, 5) is 0. The van der Waals surface area contributed by atoms with Gasteiger partial charge in [-0.1, -0.05) is 167 Å². The van der Waals surface area contributed by atoms with Crippen molar-refractivity contribution >= 4 is 7.26 Å². The molecule has 230 valence electrons. The van der Waals surface area contributed by atoms with Gasteiger partial charge in [0, 0.05) is 7.26 Å². The van der Waals surface area contributed by atoms with Crippen LogP contribution in [-0.4, -0.2) is 24.6 Å². The van der Waals surface area contributed by atoms with Crippen LogP contribution in [0.3, 0.4) is 0 Å². The van der Waals surface area contributed by atoms with Crippen LogP contribution in [0.1, 0.15) is 182 Å². The van der Waals surface area contributed by atoms with Gasteiger partial charge < -0.3 is 0 Å². The van der Waals surface area contributed by atoms with Crippen LogP contribution in [-0.2, 0) is 0 Å². The molecular formula is C38H74P+. The molecule has 0 fully saturated rings. The molecule has 0 N–H and O–H groups in total. The number of hydrogen-bond donors (Lipinski definition) is 0. The van der Waals surface area contributed by atoms with Gasteiger partial charge in [0.25, 0.3) is 0 Å². The Balaban J connectivity index is 0.00000210. The molecule has 0 amide bonds. The fourth-order valence-corrected chi connectivity index (χ4v) is 10.9. The summed E-state index contributed by atoms with van der Waals surface area (Å²) in [5.74, 6) is 0. The van der Waals surface area contributed by atoms with Gasteiger partial charge in [0.05, 0.1) is 24.6 Å². The first-order valence-corrected chi connectivity index (χ1v) is 20.6. The summed E-state index contributed by atoms with van der Waals surface area (Å²) in [6, 6.07) is 12.0. The average Bonchev–Trinajstić information content (AvgIpc) is 2.97. The van der Waals surface area contributed by atoms with Crippen molar-refractivity contribution in [3.8, 4) is 0 Å². The van der Waals surface area contributed by atoms with Crippen molar-refractivity contribution in [2.75, 3.05) is 24.6 Å². The monoisotopic (exact) mass is 562 g/mol. The van der Waals surface area contributed by atoms with Crippen LogP contribution < -0.4 is 0 Å². The summed E-state index contributed by atoms with van der Waals surface area (Å²) < 4.78 is 0. The minimum atomic E-state index is -0.697. The fourth-order valence-electron chi connectivity index (χ4n) is 5.97. The summed E-state index contributed by atoms with van der Waals surface area (Å²) >= 11 is 0. The van der Waals surface area contributed by atoms with Gasteiger partial charge in [-0.25, -0.2) is 0 Å². The largest absolute Gasteiger partial charge is 0.0654 e. The Morgan fingerprint density at radius 1 is 0.256 bits per heavy atom. The highest BCUT2D eigenvalue weighted by Gasteiger charge is 2.34. The van der Waals surface area contributed by atoms with Crippen LogP contribution in [0, 0.1) is 0 Å². The Kier molecular flexibility index (Phi) is 31.9. The quantitative estimate of drug-likeness (QED) is 0.0705. The van der Waals surface area contributed by atoms with Crippen LogP contribution >= 0.6 is 7.26 Å². The summed E-state index contributed by atoms with van der Waals surface area (Å²) in [5.41, 5.74) is 0. The van der Waals surface area contributed by atoms with E-state index in [0.717, 1.165) is 0 Å². The van der Waals surface area contributed by atoms with E-state index in [-0.39, 0.29) is 0 Å². The molecule has 0 atom stereocenters. The van der Waals surface area contributed by atoms with Crippen molar-refractivity contribution < 1.29 is 0 Å². The third kappa shape index (κ3) is 27.6. The van der Waals surface area contributed by atoms with Gasteiger partial charge in [-0.15, -0.1) is 0 Å². The lowest BCUT2D eigenvalue weighted by Crippen LogP contribution is -2.13. The van der Waals surface area contributed by atoms with Crippen molar-refractivity contribution in [3.63, 3.8) is 0 Å². The highest BCUT2D eigenvalue weighted by Crippen LogP contribution is 2.61. The van der Waals surface area contributed by atoms with Gasteiger partial charge >= 0.3 is 0 Å². The third-order valence-electron chi connectivity index (χ3n) is 8.61. The Bertz CT molecular complexity index is 481. The zero-order chi connectivity index (χ0) is 28.5. The second kappa shape index (κ2) is 32.2. The van der Waals surface area contributed by atoms with Crippen LogP contribution in [0.15, 0.2) is 36.4 Å². The van der Waals surface area contributed by atoms with E-state index in [1.807, 2.05) is 36.4 Å². The molecule has 0 aliphatic carbocycles. The smallest absolute Gasteiger partial charge is 0.0594 e. The zero-order valence-electron chi connectivity index (χ0n) is 27.7. The van der Waals surface area contributed by atoms with E-state index in [4.69, 9.17) is 0 Å². The molecule has 0 spiro atoms. The van der Waals surface area contributed by atoms with E-state index in [2.05, 4.69) is 27.7 Å².